The lowest BCUT2D eigenvalue weighted by Gasteiger charge is -2.26. The summed E-state index contributed by atoms with van der Waals surface area (Å²) in [7, 11) is 0. The summed E-state index contributed by atoms with van der Waals surface area (Å²) in [5.74, 6) is 0.728. The van der Waals surface area contributed by atoms with Gasteiger partial charge >= 0.3 is 0 Å². The largest absolute Gasteiger partial charge is 0.396 e. The SMILES string of the molecule is Nc1ccc(Cl)nc1NCCC(=O)N1CCCCC1. The Hall–Kier alpha value is -1.49. The van der Waals surface area contributed by atoms with Gasteiger partial charge < -0.3 is 16.0 Å². The molecule has 0 unspecified atom stereocenters. The highest BCUT2D eigenvalue weighted by molar-refractivity contribution is 6.29. The molecule has 0 radical (unpaired) electrons. The van der Waals surface area contributed by atoms with E-state index in [0.29, 0.717) is 29.6 Å². The molecule has 0 atom stereocenters. The second-order valence-electron chi connectivity index (χ2n) is 4.69. The van der Waals surface area contributed by atoms with Crippen molar-refractivity contribution in [2.75, 3.05) is 30.7 Å². The second-order valence-corrected chi connectivity index (χ2v) is 5.08. The smallest absolute Gasteiger partial charge is 0.224 e. The van der Waals surface area contributed by atoms with E-state index >= 15 is 0 Å². The van der Waals surface area contributed by atoms with Gasteiger partial charge in [0, 0.05) is 26.1 Å². The van der Waals surface area contributed by atoms with Gasteiger partial charge in [0.1, 0.15) is 5.15 Å². The van der Waals surface area contributed by atoms with Crippen LogP contribution >= 0.6 is 11.6 Å². The number of nitrogens with zero attached hydrogens (tertiary/aromatic N) is 2. The highest BCUT2D eigenvalue weighted by Gasteiger charge is 2.15. The Bertz CT molecular complexity index is 446. The Morgan fingerprint density at radius 2 is 2.11 bits per heavy atom. The molecule has 3 N–H and O–H groups in total. The Morgan fingerprint density at radius 1 is 1.37 bits per heavy atom. The Balaban J connectivity index is 1.79. The molecule has 19 heavy (non-hydrogen) atoms. The second kappa shape index (κ2) is 6.61. The number of pyridine rings is 1. The molecule has 1 amide bonds. The fourth-order valence-electron chi connectivity index (χ4n) is 2.18. The van der Waals surface area contributed by atoms with Crippen LogP contribution in [-0.4, -0.2) is 35.4 Å². The van der Waals surface area contributed by atoms with Crippen LogP contribution in [0.25, 0.3) is 0 Å². The molecule has 5 nitrogen and oxygen atoms in total. The predicted molar refractivity (Wildman–Crippen MR) is 77.2 cm³/mol. The van der Waals surface area contributed by atoms with Crippen molar-refractivity contribution in [3.8, 4) is 0 Å². The van der Waals surface area contributed by atoms with E-state index in [4.69, 9.17) is 17.3 Å². The van der Waals surface area contributed by atoms with Crippen molar-refractivity contribution in [1.82, 2.24) is 9.88 Å². The van der Waals surface area contributed by atoms with Gasteiger partial charge in [-0.15, -0.1) is 0 Å². The number of piperidine rings is 1. The lowest BCUT2D eigenvalue weighted by molar-refractivity contribution is -0.131. The molecule has 6 heteroatoms. The molecule has 1 fully saturated rings. The number of anilines is 2. The van der Waals surface area contributed by atoms with Crippen LogP contribution in [0.2, 0.25) is 5.15 Å². The molecule has 1 aromatic rings. The van der Waals surface area contributed by atoms with Crippen molar-refractivity contribution in [2.24, 2.45) is 0 Å². The van der Waals surface area contributed by atoms with Crippen LogP contribution in [0.4, 0.5) is 11.5 Å². The molecule has 1 aliphatic heterocycles. The van der Waals surface area contributed by atoms with E-state index in [1.54, 1.807) is 12.1 Å². The van der Waals surface area contributed by atoms with Gasteiger partial charge in [-0.2, -0.15) is 0 Å². The zero-order chi connectivity index (χ0) is 13.7. The molecule has 0 aliphatic carbocycles. The lowest BCUT2D eigenvalue weighted by Crippen LogP contribution is -2.36. The molecule has 1 aromatic heterocycles. The van der Waals surface area contributed by atoms with Gasteiger partial charge in [-0.05, 0) is 31.4 Å². The fourth-order valence-corrected chi connectivity index (χ4v) is 2.32. The summed E-state index contributed by atoms with van der Waals surface area (Å²) < 4.78 is 0. The maximum atomic E-state index is 11.9. The molecule has 0 saturated carbocycles. The Morgan fingerprint density at radius 3 is 2.84 bits per heavy atom. The fraction of sp³-hybridized carbons (Fsp3) is 0.538. The highest BCUT2D eigenvalue weighted by Crippen LogP contribution is 2.18. The van der Waals surface area contributed by atoms with Crippen molar-refractivity contribution in [1.29, 1.82) is 0 Å². The molecule has 0 aromatic carbocycles. The van der Waals surface area contributed by atoms with E-state index in [2.05, 4.69) is 10.3 Å². The van der Waals surface area contributed by atoms with Gasteiger partial charge in [-0.3, -0.25) is 4.79 Å². The number of carbonyl (C=O) groups excluding carboxylic acids is 1. The number of rotatable bonds is 4. The molecular formula is C13H19ClN4O. The first kappa shape index (κ1) is 13.9. The Kier molecular flexibility index (Phi) is 4.85. The number of nitrogens with two attached hydrogens (primary N) is 1. The van der Waals surface area contributed by atoms with E-state index in [1.165, 1.54) is 6.42 Å². The summed E-state index contributed by atoms with van der Waals surface area (Å²) in [5.41, 5.74) is 6.31. The average molecular weight is 283 g/mol. The summed E-state index contributed by atoms with van der Waals surface area (Å²) >= 11 is 5.80. The van der Waals surface area contributed by atoms with Crippen LogP contribution in [0.3, 0.4) is 0 Å². The number of amides is 1. The number of halogens is 1. The summed E-state index contributed by atoms with van der Waals surface area (Å²) in [4.78, 5) is 18.0. The third-order valence-corrected chi connectivity index (χ3v) is 3.44. The van der Waals surface area contributed by atoms with Crippen LogP contribution < -0.4 is 11.1 Å². The number of likely N-dealkylation sites (tertiary alicyclic amines) is 1. The topological polar surface area (TPSA) is 71.2 Å². The van der Waals surface area contributed by atoms with Crippen LogP contribution in [-0.2, 0) is 4.79 Å². The first-order valence-corrected chi connectivity index (χ1v) is 6.98. The van der Waals surface area contributed by atoms with Crippen molar-refractivity contribution in [3.05, 3.63) is 17.3 Å². The van der Waals surface area contributed by atoms with E-state index < -0.39 is 0 Å². The van der Waals surface area contributed by atoms with E-state index in [0.717, 1.165) is 25.9 Å². The van der Waals surface area contributed by atoms with Gasteiger partial charge in [0.05, 0.1) is 5.69 Å². The summed E-state index contributed by atoms with van der Waals surface area (Å²) in [6.07, 6.45) is 3.91. The van der Waals surface area contributed by atoms with Gasteiger partial charge in [0.25, 0.3) is 0 Å². The third-order valence-electron chi connectivity index (χ3n) is 3.23. The normalized spacial score (nSPS) is 15.3. The van der Waals surface area contributed by atoms with Crippen molar-refractivity contribution >= 4 is 29.0 Å². The zero-order valence-corrected chi connectivity index (χ0v) is 11.6. The minimum atomic E-state index is 0.188. The maximum absolute atomic E-state index is 11.9. The number of aromatic nitrogens is 1. The van der Waals surface area contributed by atoms with Gasteiger partial charge in [0.15, 0.2) is 5.82 Å². The molecule has 2 heterocycles. The maximum Gasteiger partial charge on any atom is 0.224 e. The van der Waals surface area contributed by atoms with E-state index in [9.17, 15) is 4.79 Å². The molecule has 104 valence electrons. The minimum absolute atomic E-state index is 0.188. The first-order valence-electron chi connectivity index (χ1n) is 6.60. The molecule has 2 rings (SSSR count). The average Bonchev–Trinajstić information content (AvgIpc) is 2.43. The molecular weight excluding hydrogens is 264 g/mol. The van der Waals surface area contributed by atoms with Crippen molar-refractivity contribution < 1.29 is 4.79 Å². The minimum Gasteiger partial charge on any atom is -0.396 e. The van der Waals surface area contributed by atoms with Crippen LogP contribution in [0.1, 0.15) is 25.7 Å². The molecule has 0 spiro atoms. The van der Waals surface area contributed by atoms with Crippen LogP contribution in [0.15, 0.2) is 12.1 Å². The zero-order valence-electron chi connectivity index (χ0n) is 10.9. The molecule has 1 aliphatic rings. The monoisotopic (exact) mass is 282 g/mol. The van der Waals surface area contributed by atoms with Crippen LogP contribution in [0.5, 0.6) is 0 Å². The molecule has 0 bridgehead atoms. The predicted octanol–water partition coefficient (Wildman–Crippen LogP) is 2.13. The summed E-state index contributed by atoms with van der Waals surface area (Å²) in [5, 5.41) is 3.44. The summed E-state index contributed by atoms with van der Waals surface area (Å²) in [6.45, 7) is 2.29. The van der Waals surface area contributed by atoms with Gasteiger partial charge in [-0.25, -0.2) is 4.98 Å². The van der Waals surface area contributed by atoms with E-state index in [1.807, 2.05) is 4.90 Å². The van der Waals surface area contributed by atoms with Gasteiger partial charge in [0.2, 0.25) is 5.91 Å². The number of nitrogen functional groups attached to an aromatic ring is 1. The van der Waals surface area contributed by atoms with Crippen molar-refractivity contribution in [2.45, 2.75) is 25.7 Å². The standard InChI is InChI=1S/C13H19ClN4O/c14-11-5-4-10(15)13(17-11)16-7-6-12(19)18-8-2-1-3-9-18/h4-5H,1-3,6-9,15H2,(H,16,17). The highest BCUT2D eigenvalue weighted by atomic mass is 35.5. The lowest BCUT2D eigenvalue weighted by atomic mass is 10.1. The third kappa shape index (κ3) is 3.99. The quantitative estimate of drug-likeness (QED) is 0.830. The summed E-state index contributed by atoms with van der Waals surface area (Å²) in [6, 6.07) is 3.34. The van der Waals surface area contributed by atoms with E-state index in [-0.39, 0.29) is 5.91 Å². The van der Waals surface area contributed by atoms with Crippen molar-refractivity contribution in [3.63, 3.8) is 0 Å². The molecule has 1 saturated heterocycles. The number of hydrogen-bond donors (Lipinski definition) is 2. The van der Waals surface area contributed by atoms with Gasteiger partial charge in [-0.1, -0.05) is 11.6 Å². The Labute approximate surface area is 118 Å². The van der Waals surface area contributed by atoms with Crippen LogP contribution in [0, 0.1) is 0 Å². The number of hydrogen-bond acceptors (Lipinski definition) is 4. The number of nitrogens with one attached hydrogen (secondary N) is 1. The number of carbonyl (C=O) groups is 1. The first-order chi connectivity index (χ1) is 9.16.